The van der Waals surface area contributed by atoms with Crippen LogP contribution in [-0.4, -0.2) is 54.1 Å². The zero-order valence-corrected chi connectivity index (χ0v) is 11.0. The average Bonchev–Trinajstić information content (AvgIpc) is 2.11. The molecule has 1 fully saturated rings. The number of hydrogen-bond donors (Lipinski definition) is 1. The van der Waals surface area contributed by atoms with Gasteiger partial charge in [0, 0.05) is 30.7 Å². The highest BCUT2D eigenvalue weighted by Crippen LogP contribution is 2.22. The van der Waals surface area contributed by atoms with Gasteiger partial charge in [-0.3, -0.25) is 9.80 Å². The van der Waals surface area contributed by atoms with Crippen molar-refractivity contribution < 1.29 is 0 Å². The van der Waals surface area contributed by atoms with Gasteiger partial charge in [-0.2, -0.15) is 0 Å². The van der Waals surface area contributed by atoms with Gasteiger partial charge >= 0.3 is 0 Å². The highest BCUT2D eigenvalue weighted by Gasteiger charge is 2.33. The van der Waals surface area contributed by atoms with E-state index in [9.17, 15) is 0 Å². The molecule has 3 heteroatoms. The Labute approximate surface area is 94.6 Å². The molecule has 0 bridgehead atoms. The number of likely N-dealkylation sites (N-methyl/N-ethyl adjacent to an activating group) is 1. The van der Waals surface area contributed by atoms with Crippen molar-refractivity contribution in [1.82, 2.24) is 9.80 Å². The molecule has 0 aromatic carbocycles. The van der Waals surface area contributed by atoms with Gasteiger partial charge in [0.1, 0.15) is 0 Å². The summed E-state index contributed by atoms with van der Waals surface area (Å²) >= 11 is 0. The minimum atomic E-state index is 0.280. The second-order valence-corrected chi connectivity index (χ2v) is 5.82. The number of nitrogens with zero attached hydrogens (tertiary/aromatic N) is 2. The van der Waals surface area contributed by atoms with Crippen LogP contribution in [0.15, 0.2) is 0 Å². The van der Waals surface area contributed by atoms with Gasteiger partial charge in [0.25, 0.3) is 0 Å². The Morgan fingerprint density at radius 2 is 1.87 bits per heavy atom. The number of nitrogens with two attached hydrogens (primary N) is 1. The fourth-order valence-corrected chi connectivity index (χ4v) is 2.30. The van der Waals surface area contributed by atoms with Gasteiger partial charge in [-0.15, -0.1) is 0 Å². The molecule has 2 atom stereocenters. The molecule has 0 aromatic rings. The Morgan fingerprint density at radius 1 is 1.27 bits per heavy atom. The summed E-state index contributed by atoms with van der Waals surface area (Å²) in [5.74, 6) is 0. The molecule has 1 aliphatic heterocycles. The van der Waals surface area contributed by atoms with Crippen molar-refractivity contribution in [2.45, 2.75) is 51.7 Å². The van der Waals surface area contributed by atoms with Crippen molar-refractivity contribution in [2.24, 2.45) is 5.73 Å². The third kappa shape index (κ3) is 3.16. The predicted octanol–water partition coefficient (Wildman–Crippen LogP) is 1.14. The quantitative estimate of drug-likeness (QED) is 0.746. The summed E-state index contributed by atoms with van der Waals surface area (Å²) in [5, 5.41) is 0. The Balaban J connectivity index is 2.66. The van der Waals surface area contributed by atoms with E-state index in [1.54, 1.807) is 0 Å². The Morgan fingerprint density at radius 3 is 2.33 bits per heavy atom. The Bertz CT molecular complexity index is 198. The zero-order valence-electron chi connectivity index (χ0n) is 11.0. The van der Waals surface area contributed by atoms with Crippen LogP contribution < -0.4 is 5.73 Å². The van der Waals surface area contributed by atoms with E-state index in [0.29, 0.717) is 12.1 Å². The first kappa shape index (κ1) is 12.9. The van der Waals surface area contributed by atoms with Crippen LogP contribution in [0.3, 0.4) is 0 Å². The summed E-state index contributed by atoms with van der Waals surface area (Å²) < 4.78 is 0. The lowest BCUT2D eigenvalue weighted by atomic mass is 9.98. The molecule has 1 aliphatic rings. The van der Waals surface area contributed by atoms with Gasteiger partial charge in [0.15, 0.2) is 0 Å². The van der Waals surface area contributed by atoms with Crippen molar-refractivity contribution in [3.63, 3.8) is 0 Å². The fourth-order valence-electron chi connectivity index (χ4n) is 2.30. The van der Waals surface area contributed by atoms with Crippen LogP contribution in [0, 0.1) is 0 Å². The minimum Gasteiger partial charge on any atom is -0.330 e. The van der Waals surface area contributed by atoms with Gasteiger partial charge in [-0.25, -0.2) is 0 Å². The molecule has 0 amide bonds. The van der Waals surface area contributed by atoms with E-state index in [2.05, 4.69) is 44.5 Å². The van der Waals surface area contributed by atoms with Crippen LogP contribution >= 0.6 is 0 Å². The highest BCUT2D eigenvalue weighted by atomic mass is 15.3. The van der Waals surface area contributed by atoms with Crippen LogP contribution in [0.1, 0.15) is 34.1 Å². The smallest absolute Gasteiger partial charge is 0.0235 e. The van der Waals surface area contributed by atoms with E-state index in [-0.39, 0.29) is 5.54 Å². The van der Waals surface area contributed by atoms with Gasteiger partial charge in [-0.05, 0) is 47.7 Å². The van der Waals surface area contributed by atoms with Gasteiger partial charge in [-0.1, -0.05) is 0 Å². The maximum Gasteiger partial charge on any atom is 0.0235 e. The van der Waals surface area contributed by atoms with E-state index in [0.717, 1.165) is 19.5 Å². The molecule has 2 N–H and O–H groups in total. The summed E-state index contributed by atoms with van der Waals surface area (Å²) in [4.78, 5) is 5.06. The molecule has 1 saturated heterocycles. The number of hydrogen-bond acceptors (Lipinski definition) is 3. The van der Waals surface area contributed by atoms with Crippen molar-refractivity contribution >= 4 is 0 Å². The monoisotopic (exact) mass is 213 g/mol. The van der Waals surface area contributed by atoms with E-state index >= 15 is 0 Å². The van der Waals surface area contributed by atoms with Crippen LogP contribution in [-0.2, 0) is 0 Å². The van der Waals surface area contributed by atoms with Crippen molar-refractivity contribution in [2.75, 3.05) is 26.7 Å². The minimum absolute atomic E-state index is 0.280. The summed E-state index contributed by atoms with van der Waals surface area (Å²) in [7, 11) is 2.23. The highest BCUT2D eigenvalue weighted by molar-refractivity contribution is 4.90. The lowest BCUT2D eigenvalue weighted by Crippen LogP contribution is -2.60. The normalized spacial score (nSPS) is 30.8. The molecule has 0 aromatic heterocycles. The maximum absolute atomic E-state index is 5.68. The van der Waals surface area contributed by atoms with E-state index in [1.807, 2.05) is 0 Å². The topological polar surface area (TPSA) is 32.5 Å². The van der Waals surface area contributed by atoms with Crippen LogP contribution in [0.2, 0.25) is 0 Å². The first-order valence-electron chi connectivity index (χ1n) is 6.03. The third-order valence-corrected chi connectivity index (χ3v) is 3.64. The van der Waals surface area contributed by atoms with E-state index in [1.165, 1.54) is 6.54 Å². The second-order valence-electron chi connectivity index (χ2n) is 5.82. The van der Waals surface area contributed by atoms with Crippen molar-refractivity contribution in [3.8, 4) is 0 Å². The fraction of sp³-hybridized carbons (Fsp3) is 1.00. The molecule has 0 aliphatic carbocycles. The number of rotatable bonds is 2. The van der Waals surface area contributed by atoms with Crippen molar-refractivity contribution in [1.29, 1.82) is 0 Å². The lowest BCUT2D eigenvalue weighted by Gasteiger charge is -2.49. The maximum atomic E-state index is 5.68. The molecule has 15 heavy (non-hydrogen) atoms. The summed E-state index contributed by atoms with van der Waals surface area (Å²) in [5.41, 5.74) is 5.96. The molecular formula is C12H27N3. The van der Waals surface area contributed by atoms with Crippen LogP contribution in [0.5, 0.6) is 0 Å². The zero-order chi connectivity index (χ0) is 11.6. The van der Waals surface area contributed by atoms with Gasteiger partial charge in [0.2, 0.25) is 0 Å². The molecule has 3 nitrogen and oxygen atoms in total. The second kappa shape index (κ2) is 4.81. The molecule has 0 spiro atoms. The van der Waals surface area contributed by atoms with E-state index < -0.39 is 0 Å². The van der Waals surface area contributed by atoms with Crippen LogP contribution in [0.4, 0.5) is 0 Å². The van der Waals surface area contributed by atoms with Gasteiger partial charge in [0.05, 0.1) is 0 Å². The molecule has 0 radical (unpaired) electrons. The van der Waals surface area contributed by atoms with Crippen molar-refractivity contribution in [3.05, 3.63) is 0 Å². The van der Waals surface area contributed by atoms with Crippen LogP contribution in [0.25, 0.3) is 0 Å². The SMILES string of the molecule is CC1CN(C(C)(C)C)CC(CCN)N1C. The summed E-state index contributed by atoms with van der Waals surface area (Å²) in [6.45, 7) is 12.3. The summed E-state index contributed by atoms with van der Waals surface area (Å²) in [6.07, 6.45) is 1.10. The standard InChI is InChI=1S/C12H27N3/c1-10-8-15(12(2,3)4)9-11(6-7-13)14(10)5/h10-11H,6-9,13H2,1-5H3. The molecule has 1 rings (SSSR count). The average molecular weight is 213 g/mol. The number of piperazine rings is 1. The largest absolute Gasteiger partial charge is 0.330 e. The predicted molar refractivity (Wildman–Crippen MR) is 66.0 cm³/mol. The molecular weight excluding hydrogens is 186 g/mol. The lowest BCUT2D eigenvalue weighted by molar-refractivity contribution is 0.000699. The first-order chi connectivity index (χ1) is 6.86. The summed E-state index contributed by atoms with van der Waals surface area (Å²) in [6, 6.07) is 1.26. The van der Waals surface area contributed by atoms with E-state index in [4.69, 9.17) is 5.73 Å². The molecule has 90 valence electrons. The molecule has 2 unspecified atom stereocenters. The Kier molecular flexibility index (Phi) is 4.15. The molecule has 0 saturated carbocycles. The first-order valence-corrected chi connectivity index (χ1v) is 6.03. The Hall–Kier alpha value is -0.120. The molecule has 1 heterocycles. The van der Waals surface area contributed by atoms with Gasteiger partial charge < -0.3 is 5.73 Å². The third-order valence-electron chi connectivity index (χ3n) is 3.64.